The average molecular weight is 182 g/mol. The molecule has 5 heteroatoms. The Morgan fingerprint density at radius 1 is 1.69 bits per heavy atom. The van der Waals surface area contributed by atoms with E-state index < -0.39 is 5.97 Å². The van der Waals surface area contributed by atoms with E-state index in [1.807, 2.05) is 0 Å². The molecule has 0 saturated heterocycles. The predicted molar refractivity (Wildman–Crippen MR) is 42.2 cm³/mol. The zero-order valence-corrected chi connectivity index (χ0v) is 7.32. The van der Waals surface area contributed by atoms with Gasteiger partial charge in [-0.05, 0) is 24.9 Å². The van der Waals surface area contributed by atoms with Gasteiger partial charge >= 0.3 is 5.97 Å². The molecular formula is C8H10N2O3. The number of hydrogen-bond acceptors (Lipinski definition) is 5. The second-order valence-electron chi connectivity index (χ2n) is 2.95. The Labute approximate surface area is 75.1 Å². The van der Waals surface area contributed by atoms with Gasteiger partial charge in [0.05, 0.1) is 6.61 Å². The largest absolute Gasteiger partial charge is 0.460 e. The molecule has 0 aromatic carbocycles. The van der Waals surface area contributed by atoms with Gasteiger partial charge in [0, 0.05) is 5.92 Å². The molecular weight excluding hydrogens is 172 g/mol. The maximum absolute atomic E-state index is 11.1. The Hall–Kier alpha value is -1.39. The van der Waals surface area contributed by atoms with Crippen LogP contribution in [0.3, 0.4) is 0 Å². The Morgan fingerprint density at radius 2 is 2.46 bits per heavy atom. The number of carbonyl (C=O) groups is 1. The van der Waals surface area contributed by atoms with E-state index in [-0.39, 0.29) is 5.82 Å². The molecule has 0 unspecified atom stereocenters. The summed E-state index contributed by atoms with van der Waals surface area (Å²) in [5.74, 6) is 0.445. The molecule has 0 spiro atoms. The van der Waals surface area contributed by atoms with Gasteiger partial charge in [-0.25, -0.2) is 4.79 Å². The van der Waals surface area contributed by atoms with Crippen LogP contribution in [0.1, 0.15) is 42.2 Å². The van der Waals surface area contributed by atoms with Crippen LogP contribution in [0.5, 0.6) is 0 Å². The van der Waals surface area contributed by atoms with Crippen molar-refractivity contribution in [3.63, 3.8) is 0 Å². The van der Waals surface area contributed by atoms with Crippen LogP contribution in [0.4, 0.5) is 0 Å². The second kappa shape index (κ2) is 3.16. The molecule has 13 heavy (non-hydrogen) atoms. The lowest BCUT2D eigenvalue weighted by atomic mass is 10.4. The lowest BCUT2D eigenvalue weighted by Crippen LogP contribution is -2.06. The summed E-state index contributed by atoms with van der Waals surface area (Å²) in [6.07, 6.45) is 2.15. The maximum atomic E-state index is 11.1. The van der Waals surface area contributed by atoms with Crippen LogP contribution in [-0.4, -0.2) is 22.7 Å². The van der Waals surface area contributed by atoms with Gasteiger partial charge in [-0.15, -0.1) is 0 Å². The molecule has 0 aliphatic heterocycles. The van der Waals surface area contributed by atoms with Gasteiger partial charge in [0.25, 0.3) is 5.82 Å². The number of rotatable bonds is 3. The molecule has 0 radical (unpaired) electrons. The second-order valence-corrected chi connectivity index (χ2v) is 2.95. The van der Waals surface area contributed by atoms with Gasteiger partial charge < -0.3 is 9.26 Å². The molecule has 2 rings (SSSR count). The molecule has 0 N–H and O–H groups in total. The van der Waals surface area contributed by atoms with Gasteiger partial charge in [-0.1, -0.05) is 0 Å². The molecule has 1 fully saturated rings. The first kappa shape index (κ1) is 8.22. The Balaban J connectivity index is 2.07. The summed E-state index contributed by atoms with van der Waals surface area (Å²) in [4.78, 5) is 15.0. The number of ether oxygens (including phenoxy) is 1. The van der Waals surface area contributed by atoms with Crippen molar-refractivity contribution >= 4 is 5.97 Å². The van der Waals surface area contributed by atoms with Crippen LogP contribution in [0.25, 0.3) is 0 Å². The molecule has 1 aromatic rings. The van der Waals surface area contributed by atoms with Crippen molar-refractivity contribution < 1.29 is 14.1 Å². The van der Waals surface area contributed by atoms with E-state index >= 15 is 0 Å². The van der Waals surface area contributed by atoms with Crippen LogP contribution in [0, 0.1) is 0 Å². The van der Waals surface area contributed by atoms with Crippen molar-refractivity contribution in [2.75, 3.05) is 6.61 Å². The van der Waals surface area contributed by atoms with E-state index in [0.29, 0.717) is 18.4 Å². The fraction of sp³-hybridized carbons (Fsp3) is 0.625. The summed E-state index contributed by atoms with van der Waals surface area (Å²) in [7, 11) is 0. The molecule has 0 atom stereocenters. The van der Waals surface area contributed by atoms with E-state index in [9.17, 15) is 4.79 Å². The van der Waals surface area contributed by atoms with Crippen molar-refractivity contribution in [2.45, 2.75) is 25.7 Å². The Kier molecular flexibility index (Phi) is 2.00. The molecule has 5 nitrogen and oxygen atoms in total. The van der Waals surface area contributed by atoms with Crippen LogP contribution in [-0.2, 0) is 4.74 Å². The van der Waals surface area contributed by atoms with E-state index in [1.165, 1.54) is 0 Å². The first-order valence-electron chi connectivity index (χ1n) is 4.32. The van der Waals surface area contributed by atoms with Crippen molar-refractivity contribution in [1.82, 2.24) is 10.1 Å². The number of esters is 1. The quantitative estimate of drug-likeness (QED) is 0.655. The number of carbonyl (C=O) groups excluding carboxylic acids is 1. The highest BCUT2D eigenvalue weighted by Gasteiger charge is 2.30. The number of hydrogen-bond donors (Lipinski definition) is 0. The molecule has 1 aliphatic rings. The molecule has 1 aliphatic carbocycles. The summed E-state index contributed by atoms with van der Waals surface area (Å²) in [5.41, 5.74) is 0. The van der Waals surface area contributed by atoms with Gasteiger partial charge in [0.15, 0.2) is 0 Å². The van der Waals surface area contributed by atoms with Crippen molar-refractivity contribution in [2.24, 2.45) is 0 Å². The minimum absolute atomic E-state index is 0.0312. The van der Waals surface area contributed by atoms with Crippen molar-refractivity contribution in [1.29, 1.82) is 0 Å². The first-order chi connectivity index (χ1) is 6.31. The highest BCUT2D eigenvalue weighted by molar-refractivity contribution is 5.84. The van der Waals surface area contributed by atoms with Gasteiger partial charge in [0.2, 0.25) is 5.89 Å². The fourth-order valence-corrected chi connectivity index (χ4v) is 1.01. The Bertz CT molecular complexity index is 317. The van der Waals surface area contributed by atoms with Gasteiger partial charge in [0.1, 0.15) is 0 Å². The zero-order valence-electron chi connectivity index (χ0n) is 7.32. The van der Waals surface area contributed by atoms with E-state index in [2.05, 4.69) is 10.1 Å². The third-order valence-electron chi connectivity index (χ3n) is 1.83. The summed E-state index contributed by atoms with van der Waals surface area (Å²) in [6, 6.07) is 0. The van der Waals surface area contributed by atoms with Gasteiger partial charge in [-0.3, -0.25) is 0 Å². The summed E-state index contributed by atoms with van der Waals surface area (Å²) >= 11 is 0. The fourth-order valence-electron chi connectivity index (χ4n) is 1.01. The molecule has 0 amide bonds. The van der Waals surface area contributed by atoms with E-state index in [1.54, 1.807) is 6.92 Å². The number of aromatic nitrogens is 2. The van der Waals surface area contributed by atoms with Crippen LogP contribution >= 0.6 is 0 Å². The maximum Gasteiger partial charge on any atom is 0.379 e. The smallest absolute Gasteiger partial charge is 0.379 e. The monoisotopic (exact) mass is 182 g/mol. The topological polar surface area (TPSA) is 65.2 Å². The van der Waals surface area contributed by atoms with Crippen molar-refractivity contribution in [3.8, 4) is 0 Å². The standard InChI is InChI=1S/C8H10N2O3/c1-2-12-8(11)6-9-7(13-10-6)5-3-4-5/h5H,2-4H2,1H3. The van der Waals surface area contributed by atoms with Crippen LogP contribution in [0.2, 0.25) is 0 Å². The Morgan fingerprint density at radius 3 is 3.08 bits per heavy atom. The van der Waals surface area contributed by atoms with Crippen LogP contribution < -0.4 is 0 Å². The summed E-state index contributed by atoms with van der Waals surface area (Å²) in [5, 5.41) is 3.54. The lowest BCUT2D eigenvalue weighted by molar-refractivity contribution is 0.0508. The SMILES string of the molecule is CCOC(=O)c1noc(C2CC2)n1. The molecule has 0 bridgehead atoms. The number of nitrogens with zero attached hydrogens (tertiary/aromatic N) is 2. The minimum atomic E-state index is -0.516. The third kappa shape index (κ3) is 1.68. The third-order valence-corrected chi connectivity index (χ3v) is 1.83. The molecule has 1 saturated carbocycles. The van der Waals surface area contributed by atoms with Crippen molar-refractivity contribution in [3.05, 3.63) is 11.7 Å². The van der Waals surface area contributed by atoms with E-state index in [0.717, 1.165) is 12.8 Å². The zero-order chi connectivity index (χ0) is 9.26. The highest BCUT2D eigenvalue weighted by atomic mass is 16.5. The molecule has 70 valence electrons. The van der Waals surface area contributed by atoms with E-state index in [4.69, 9.17) is 9.26 Å². The lowest BCUT2D eigenvalue weighted by Gasteiger charge is -1.93. The highest BCUT2D eigenvalue weighted by Crippen LogP contribution is 2.38. The molecule has 1 heterocycles. The average Bonchev–Trinajstić information content (AvgIpc) is 2.84. The predicted octanol–water partition coefficient (Wildman–Crippen LogP) is 1.12. The normalized spacial score (nSPS) is 15.8. The molecule has 1 aromatic heterocycles. The summed E-state index contributed by atoms with van der Waals surface area (Å²) in [6.45, 7) is 2.06. The van der Waals surface area contributed by atoms with Gasteiger partial charge in [-0.2, -0.15) is 4.98 Å². The first-order valence-corrected chi connectivity index (χ1v) is 4.32. The minimum Gasteiger partial charge on any atom is -0.460 e. The van der Waals surface area contributed by atoms with Crippen LogP contribution in [0.15, 0.2) is 4.52 Å². The summed E-state index contributed by atoms with van der Waals surface area (Å²) < 4.78 is 9.61.